The van der Waals surface area contributed by atoms with Crippen molar-refractivity contribution in [2.24, 2.45) is 30.7 Å². The molecule has 12 rings (SSSR count). The first kappa shape index (κ1) is 43.2. The molecule has 70 heavy (non-hydrogen) atoms. The van der Waals surface area contributed by atoms with Gasteiger partial charge in [-0.3, -0.25) is 34.4 Å². The van der Waals surface area contributed by atoms with Crippen molar-refractivity contribution in [3.63, 3.8) is 0 Å². The topological polar surface area (TPSA) is 225 Å². The predicted molar refractivity (Wildman–Crippen MR) is 260 cm³/mol. The van der Waals surface area contributed by atoms with Crippen LogP contribution in [0.1, 0.15) is 74.1 Å². The Morgan fingerprint density at radius 3 is 1.67 bits per heavy atom. The number of nitrogens with one attached hydrogen (secondary N) is 2. The normalized spacial score (nSPS) is 18.6. The molecule has 0 radical (unpaired) electrons. The van der Waals surface area contributed by atoms with Crippen LogP contribution in [0.25, 0.3) is 78.1 Å². The van der Waals surface area contributed by atoms with E-state index in [-0.39, 0.29) is 17.8 Å². The van der Waals surface area contributed by atoms with Gasteiger partial charge in [0.1, 0.15) is 5.75 Å². The minimum Gasteiger partial charge on any atom is -0.481 e. The maximum Gasteiger partial charge on any atom is 0.314 e. The number of aliphatic carboxylic acids is 1. The maximum atomic E-state index is 13.7. The number of H-pyrrole nitrogens is 2. The summed E-state index contributed by atoms with van der Waals surface area (Å²) in [7, 11) is 1.89. The first-order chi connectivity index (χ1) is 34.1. The minimum atomic E-state index is -0.701. The van der Waals surface area contributed by atoms with Gasteiger partial charge < -0.3 is 9.84 Å². The molecule has 2 aliphatic carbocycles. The fourth-order valence-electron chi connectivity index (χ4n) is 10.8. The SMILES string of the molecule is Cc1[nH]nc2c1c(CC1CCC(C(=O)O)CC1)nc1c(-c3ccc(-c4cccc(OC(=O)C5CCC(Cc6nc7c(-c8ccc(-c9cnn(C)c9)nc8)cnn7c7n[nH]c(C)c67)CC5)c4)nc3)cnn12. The molecule has 1 aromatic carbocycles. The number of aryl methyl sites for hydroxylation is 3. The predicted octanol–water partition coefficient (Wildman–Crippen LogP) is 8.72. The average molecular weight is 935 g/mol. The summed E-state index contributed by atoms with van der Waals surface area (Å²) in [6, 6.07) is 15.5. The van der Waals surface area contributed by atoms with Crippen LogP contribution in [0.2, 0.25) is 0 Å². The third kappa shape index (κ3) is 7.82. The van der Waals surface area contributed by atoms with Crippen LogP contribution in [0.15, 0.2) is 85.7 Å². The number of fused-ring (bicyclic) bond motifs is 6. The third-order valence-corrected chi connectivity index (χ3v) is 14.6. The highest BCUT2D eigenvalue weighted by molar-refractivity contribution is 5.89. The lowest BCUT2D eigenvalue weighted by Crippen LogP contribution is -2.26. The molecule has 18 nitrogen and oxygen atoms in total. The molecule has 0 spiro atoms. The second kappa shape index (κ2) is 17.4. The minimum absolute atomic E-state index is 0.203. The zero-order valence-electron chi connectivity index (χ0n) is 39.0. The van der Waals surface area contributed by atoms with Crippen molar-refractivity contribution >= 4 is 45.3 Å². The third-order valence-electron chi connectivity index (χ3n) is 14.6. The molecule has 9 aromatic heterocycles. The van der Waals surface area contributed by atoms with Crippen molar-refractivity contribution in [2.45, 2.75) is 78.1 Å². The smallest absolute Gasteiger partial charge is 0.314 e. The number of pyridine rings is 2. The number of carbonyl (C=O) groups is 2. The van der Waals surface area contributed by atoms with Gasteiger partial charge in [-0.1, -0.05) is 24.3 Å². The van der Waals surface area contributed by atoms with E-state index < -0.39 is 5.97 Å². The molecule has 0 bridgehead atoms. The molecule has 2 fully saturated rings. The zero-order valence-corrected chi connectivity index (χ0v) is 39.0. The van der Waals surface area contributed by atoms with E-state index in [4.69, 9.17) is 34.9 Å². The highest BCUT2D eigenvalue weighted by atomic mass is 16.5. The number of benzene rings is 1. The summed E-state index contributed by atoms with van der Waals surface area (Å²) in [5, 5.41) is 40.7. The fourth-order valence-corrected chi connectivity index (χ4v) is 10.8. The first-order valence-corrected chi connectivity index (χ1v) is 24.0. The molecule has 2 aliphatic rings. The van der Waals surface area contributed by atoms with Crippen molar-refractivity contribution in [2.75, 3.05) is 0 Å². The Kier molecular flexibility index (Phi) is 10.7. The van der Waals surface area contributed by atoms with E-state index in [0.29, 0.717) is 41.7 Å². The number of ether oxygens (including phenoxy) is 1. The van der Waals surface area contributed by atoms with Crippen LogP contribution >= 0.6 is 0 Å². The Labute approximate surface area is 400 Å². The quantitative estimate of drug-likeness (QED) is 0.0816. The van der Waals surface area contributed by atoms with Crippen LogP contribution in [-0.4, -0.2) is 86.4 Å². The van der Waals surface area contributed by atoms with Gasteiger partial charge in [-0.15, -0.1) is 0 Å². The van der Waals surface area contributed by atoms with Gasteiger partial charge in [-0.05, 0) is 114 Å². The zero-order chi connectivity index (χ0) is 47.6. The summed E-state index contributed by atoms with van der Waals surface area (Å²) >= 11 is 0. The molecule has 0 amide bonds. The second-order valence-corrected chi connectivity index (χ2v) is 19.2. The number of esters is 1. The van der Waals surface area contributed by atoms with Crippen molar-refractivity contribution in [1.29, 1.82) is 0 Å². The molecule has 18 heteroatoms. The Hall–Kier alpha value is -8.15. The Morgan fingerprint density at radius 1 is 0.629 bits per heavy atom. The van der Waals surface area contributed by atoms with Crippen LogP contribution in [0, 0.1) is 37.5 Å². The van der Waals surface area contributed by atoms with Crippen molar-refractivity contribution < 1.29 is 19.4 Å². The number of aromatic amines is 2. The summed E-state index contributed by atoms with van der Waals surface area (Å²) in [6.45, 7) is 4.01. The van der Waals surface area contributed by atoms with Gasteiger partial charge in [0, 0.05) is 70.4 Å². The molecule has 0 aliphatic heterocycles. The summed E-state index contributed by atoms with van der Waals surface area (Å²) in [5.74, 6) is -0.212. The van der Waals surface area contributed by atoms with E-state index in [9.17, 15) is 14.7 Å². The van der Waals surface area contributed by atoms with Crippen molar-refractivity contribution in [3.8, 4) is 50.5 Å². The van der Waals surface area contributed by atoms with Crippen molar-refractivity contribution in [3.05, 3.63) is 108 Å². The number of carboxylic acid groups (broad SMARTS) is 1. The highest BCUT2D eigenvalue weighted by Gasteiger charge is 2.31. The Bertz CT molecular complexity index is 3610. The molecular weight excluding hydrogens is 885 g/mol. The maximum absolute atomic E-state index is 13.7. The molecule has 9 heterocycles. The monoisotopic (exact) mass is 934 g/mol. The number of rotatable bonds is 11. The van der Waals surface area contributed by atoms with E-state index in [1.165, 1.54) is 0 Å². The lowest BCUT2D eigenvalue weighted by molar-refractivity contribution is -0.143. The molecule has 352 valence electrons. The Balaban J connectivity index is 0.710. The lowest BCUT2D eigenvalue weighted by atomic mass is 9.79. The number of hydrogen-bond donors (Lipinski definition) is 3. The summed E-state index contributed by atoms with van der Waals surface area (Å²) in [5.41, 5.74) is 13.5. The summed E-state index contributed by atoms with van der Waals surface area (Å²) in [6.07, 6.45) is 18.8. The van der Waals surface area contributed by atoms with Gasteiger partial charge in [-0.25, -0.2) is 9.97 Å². The number of aromatic nitrogens is 14. The van der Waals surface area contributed by atoms with Gasteiger partial charge in [-0.2, -0.15) is 34.5 Å². The number of nitrogens with zero attached hydrogens (tertiary/aromatic N) is 12. The standard InChI is InChI=1S/C52H50N14O4/c1-28-45-43(19-30-7-11-32(12-8-30)51(67)68)58-47-39(25-56-65(47)49(45)62-60-28)35-15-17-41(53-22-35)34-5-4-6-38(21-34)70-52(69)33-13-9-31(10-14-33)20-44-46-29(2)61-63-50(46)66-48(59-44)40(26-57-66)36-16-18-42(54-23-36)37-24-55-64(3)27-37/h4-6,15-18,21-27,30-33H,7-14,19-20H2,1-3H3,(H,60,62)(H,61,63)(H,67,68). The van der Waals surface area contributed by atoms with Gasteiger partial charge in [0.2, 0.25) is 0 Å². The first-order valence-electron chi connectivity index (χ1n) is 24.0. The summed E-state index contributed by atoms with van der Waals surface area (Å²) < 4.78 is 11.4. The van der Waals surface area contributed by atoms with Gasteiger partial charge in [0.05, 0.1) is 64.0 Å². The van der Waals surface area contributed by atoms with E-state index in [2.05, 4.69) is 25.5 Å². The van der Waals surface area contributed by atoms with Crippen LogP contribution in [0.4, 0.5) is 0 Å². The van der Waals surface area contributed by atoms with E-state index in [1.54, 1.807) is 26.1 Å². The number of carbonyl (C=O) groups excluding carboxylic acids is 1. The van der Waals surface area contributed by atoms with E-state index in [1.807, 2.05) is 94.2 Å². The molecule has 2 saturated carbocycles. The highest BCUT2D eigenvalue weighted by Crippen LogP contribution is 2.37. The van der Waals surface area contributed by atoms with Gasteiger partial charge >= 0.3 is 11.9 Å². The van der Waals surface area contributed by atoms with Gasteiger partial charge in [0.15, 0.2) is 22.6 Å². The summed E-state index contributed by atoms with van der Waals surface area (Å²) in [4.78, 5) is 45.2. The average Bonchev–Trinajstić information content (AvgIpc) is 4.24. The second-order valence-electron chi connectivity index (χ2n) is 19.2. The fraction of sp³-hybridized carbons (Fsp3) is 0.327. The number of hydrogen-bond acceptors (Lipinski definition) is 12. The molecule has 3 N–H and O–H groups in total. The van der Waals surface area contributed by atoms with Crippen LogP contribution in [0.3, 0.4) is 0 Å². The largest absolute Gasteiger partial charge is 0.481 e. The molecule has 0 saturated heterocycles. The molecule has 0 atom stereocenters. The number of carboxylic acids is 1. The molecular formula is C52H50N14O4. The van der Waals surface area contributed by atoms with Crippen molar-refractivity contribution in [1.82, 2.24) is 69.3 Å². The van der Waals surface area contributed by atoms with E-state index >= 15 is 0 Å². The van der Waals surface area contributed by atoms with Crippen LogP contribution in [-0.2, 0) is 29.5 Å². The molecule has 0 unspecified atom stereocenters. The van der Waals surface area contributed by atoms with Gasteiger partial charge in [0.25, 0.3) is 0 Å². The lowest BCUT2D eigenvalue weighted by Gasteiger charge is -2.27. The van der Waals surface area contributed by atoms with E-state index in [0.717, 1.165) is 141 Å². The Morgan fingerprint density at radius 2 is 1.17 bits per heavy atom. The van der Waals surface area contributed by atoms with Crippen LogP contribution < -0.4 is 4.74 Å². The van der Waals surface area contributed by atoms with Crippen LogP contribution in [0.5, 0.6) is 5.75 Å². The molecule has 10 aromatic rings.